The third-order valence-corrected chi connectivity index (χ3v) is 7.48. The van der Waals surface area contributed by atoms with E-state index in [1.807, 2.05) is 35.3 Å². The van der Waals surface area contributed by atoms with Gasteiger partial charge in [0.15, 0.2) is 0 Å². The minimum absolute atomic E-state index is 0.503. The Morgan fingerprint density at radius 2 is 1.85 bits per heavy atom. The van der Waals surface area contributed by atoms with Crippen LogP contribution in [0.5, 0.6) is 0 Å². The lowest BCUT2D eigenvalue weighted by Crippen LogP contribution is -2.47. The first-order chi connectivity index (χ1) is 19.2. The smallest absolute Gasteiger partial charge is 0.133 e. The molecule has 2 aliphatic heterocycles. The van der Waals surface area contributed by atoms with Crippen LogP contribution in [0.15, 0.2) is 67.3 Å². The second-order valence-corrected chi connectivity index (χ2v) is 10.3. The third kappa shape index (κ3) is 6.16. The molecule has 0 radical (unpaired) electrons. The van der Waals surface area contributed by atoms with Gasteiger partial charge in [-0.2, -0.15) is 5.10 Å². The Labute approximate surface area is 229 Å². The molecule has 5 heterocycles. The highest BCUT2D eigenvalue weighted by atomic mass is 16.5. The fourth-order valence-corrected chi connectivity index (χ4v) is 5.16. The summed E-state index contributed by atoms with van der Waals surface area (Å²) in [4.78, 5) is 18.8. The van der Waals surface area contributed by atoms with Gasteiger partial charge in [0.1, 0.15) is 11.5 Å². The number of benzene rings is 1. The van der Waals surface area contributed by atoms with E-state index in [1.54, 1.807) is 13.3 Å². The summed E-state index contributed by atoms with van der Waals surface area (Å²) in [5.41, 5.74) is 6.20. The number of hydrogen-bond acceptors (Lipinski definition) is 8. The largest absolute Gasteiger partial charge is 0.383 e. The molecule has 0 atom stereocenters. The monoisotopic (exact) mass is 525 g/mol. The molecule has 0 amide bonds. The van der Waals surface area contributed by atoms with Gasteiger partial charge in [-0.1, -0.05) is 12.1 Å². The van der Waals surface area contributed by atoms with Crippen LogP contribution in [0.4, 0.5) is 5.69 Å². The fourth-order valence-electron chi connectivity index (χ4n) is 5.16. The molecule has 202 valence electrons. The molecular weight excluding hydrogens is 490 g/mol. The number of piperazine rings is 1. The van der Waals surface area contributed by atoms with E-state index in [-0.39, 0.29) is 0 Å². The van der Waals surface area contributed by atoms with Crippen LogP contribution in [-0.4, -0.2) is 89.3 Å². The van der Waals surface area contributed by atoms with Crippen LogP contribution in [-0.2, 0) is 22.4 Å². The van der Waals surface area contributed by atoms with E-state index in [2.05, 4.69) is 50.2 Å². The summed E-state index contributed by atoms with van der Waals surface area (Å²) >= 11 is 0. The summed E-state index contributed by atoms with van der Waals surface area (Å²) in [6.07, 6.45) is 8.25. The van der Waals surface area contributed by atoms with E-state index < -0.39 is 0 Å². The number of methoxy groups -OCH3 is 1. The molecule has 1 aromatic carbocycles. The minimum atomic E-state index is 0.503. The molecule has 2 fully saturated rings. The summed E-state index contributed by atoms with van der Waals surface area (Å²) < 4.78 is 12.6. The molecule has 0 aliphatic carbocycles. The van der Waals surface area contributed by atoms with Crippen molar-refractivity contribution >= 4 is 5.69 Å². The van der Waals surface area contributed by atoms with Crippen LogP contribution < -0.4 is 4.90 Å². The maximum Gasteiger partial charge on any atom is 0.133 e. The molecule has 39 heavy (non-hydrogen) atoms. The Hall–Kier alpha value is -3.66. The highest BCUT2D eigenvalue weighted by Crippen LogP contribution is 2.30. The lowest BCUT2D eigenvalue weighted by molar-refractivity contribution is -0.0408. The molecule has 0 spiro atoms. The third-order valence-electron chi connectivity index (χ3n) is 7.48. The zero-order valence-electron chi connectivity index (χ0n) is 22.4. The summed E-state index contributed by atoms with van der Waals surface area (Å²) in [7, 11) is 1.76. The highest BCUT2D eigenvalue weighted by molar-refractivity contribution is 5.78. The maximum absolute atomic E-state index is 5.36. The van der Waals surface area contributed by atoms with E-state index in [1.165, 1.54) is 11.3 Å². The van der Waals surface area contributed by atoms with E-state index in [9.17, 15) is 0 Å². The van der Waals surface area contributed by atoms with Crippen LogP contribution in [0.25, 0.3) is 22.5 Å². The van der Waals surface area contributed by atoms with Crippen LogP contribution in [0.3, 0.4) is 0 Å². The van der Waals surface area contributed by atoms with Crippen molar-refractivity contribution in [2.75, 3.05) is 64.6 Å². The quantitative estimate of drug-likeness (QED) is 0.312. The number of anilines is 1. The van der Waals surface area contributed by atoms with Gasteiger partial charge in [-0.05, 0) is 35.9 Å². The Morgan fingerprint density at radius 1 is 1.00 bits per heavy atom. The molecule has 0 saturated carbocycles. The van der Waals surface area contributed by atoms with Gasteiger partial charge in [0.2, 0.25) is 0 Å². The van der Waals surface area contributed by atoms with Gasteiger partial charge in [0.25, 0.3) is 0 Å². The highest BCUT2D eigenvalue weighted by Gasteiger charge is 2.22. The summed E-state index contributed by atoms with van der Waals surface area (Å²) in [6, 6.07) is 14.8. The Balaban J connectivity index is 1.16. The van der Waals surface area contributed by atoms with Gasteiger partial charge in [-0.15, -0.1) is 0 Å². The molecule has 3 aromatic heterocycles. The van der Waals surface area contributed by atoms with Crippen LogP contribution >= 0.6 is 0 Å². The van der Waals surface area contributed by atoms with Crippen molar-refractivity contribution in [1.29, 1.82) is 0 Å². The number of ether oxygens (including phenoxy) is 2. The zero-order valence-corrected chi connectivity index (χ0v) is 22.4. The van der Waals surface area contributed by atoms with Crippen molar-refractivity contribution in [2.24, 2.45) is 5.92 Å². The lowest BCUT2D eigenvalue weighted by atomic mass is 10.1. The minimum Gasteiger partial charge on any atom is -0.383 e. The molecule has 6 rings (SSSR count). The zero-order chi connectivity index (χ0) is 26.4. The molecule has 2 aliphatic rings. The first kappa shape index (κ1) is 25.6. The van der Waals surface area contributed by atoms with Crippen LogP contribution in [0.2, 0.25) is 0 Å². The normalized spacial score (nSPS) is 16.4. The molecule has 9 heteroatoms. The summed E-state index contributed by atoms with van der Waals surface area (Å²) in [5, 5.41) is 4.91. The van der Waals surface area contributed by atoms with Crippen molar-refractivity contribution in [3.05, 3.63) is 78.6 Å². The number of pyridine rings is 1. The predicted octanol–water partition coefficient (Wildman–Crippen LogP) is 3.41. The predicted molar refractivity (Wildman–Crippen MR) is 151 cm³/mol. The SMILES string of the molecule is COCCN1CCN(c2ccc(Cc3nccc(-c4cn(CC5COC5)nc4-c4cccnc4)n3)cc2)CC1. The molecule has 4 aromatic rings. The molecule has 0 bridgehead atoms. The van der Waals surface area contributed by atoms with Crippen molar-refractivity contribution in [3.63, 3.8) is 0 Å². The number of aromatic nitrogens is 5. The molecule has 0 unspecified atom stereocenters. The maximum atomic E-state index is 5.36. The Morgan fingerprint density at radius 3 is 2.56 bits per heavy atom. The fraction of sp³-hybridized carbons (Fsp3) is 0.400. The Kier molecular flexibility index (Phi) is 7.90. The summed E-state index contributed by atoms with van der Waals surface area (Å²) in [5.74, 6) is 1.30. The molecule has 0 N–H and O–H groups in total. The van der Waals surface area contributed by atoms with E-state index in [0.29, 0.717) is 12.3 Å². The number of hydrogen-bond donors (Lipinski definition) is 0. The Bertz CT molecular complexity index is 1350. The van der Waals surface area contributed by atoms with Crippen molar-refractivity contribution in [2.45, 2.75) is 13.0 Å². The standard InChI is InChI=1S/C30H35N7O2/c1-38-16-15-35-11-13-36(14-12-35)26-6-4-23(5-7-26)17-29-32-10-8-28(33-29)27-20-37(19-24-21-39-22-24)34-30(27)25-3-2-9-31-18-25/h2-10,18,20,24H,11-17,19,21-22H2,1H3. The van der Waals surface area contributed by atoms with Crippen LogP contribution in [0, 0.1) is 5.92 Å². The molecule has 2 saturated heterocycles. The number of rotatable bonds is 10. The average Bonchev–Trinajstić information content (AvgIpc) is 3.39. The van der Waals surface area contributed by atoms with Crippen molar-refractivity contribution in [3.8, 4) is 22.5 Å². The van der Waals surface area contributed by atoms with E-state index in [0.717, 1.165) is 87.4 Å². The molecular formula is C30H35N7O2. The second kappa shape index (κ2) is 12.0. The van der Waals surface area contributed by atoms with Gasteiger partial charge in [0, 0.05) is 100 Å². The number of nitrogens with zero attached hydrogens (tertiary/aromatic N) is 7. The first-order valence-corrected chi connectivity index (χ1v) is 13.7. The van der Waals surface area contributed by atoms with Crippen molar-refractivity contribution < 1.29 is 9.47 Å². The second-order valence-electron chi connectivity index (χ2n) is 10.3. The van der Waals surface area contributed by atoms with E-state index in [4.69, 9.17) is 19.6 Å². The lowest BCUT2D eigenvalue weighted by Gasteiger charge is -2.36. The summed E-state index contributed by atoms with van der Waals surface area (Å²) in [6.45, 7) is 8.42. The van der Waals surface area contributed by atoms with Gasteiger partial charge < -0.3 is 14.4 Å². The van der Waals surface area contributed by atoms with Crippen molar-refractivity contribution in [1.82, 2.24) is 29.6 Å². The van der Waals surface area contributed by atoms with Gasteiger partial charge in [0.05, 0.1) is 25.5 Å². The van der Waals surface area contributed by atoms with Gasteiger partial charge in [-0.3, -0.25) is 14.6 Å². The van der Waals surface area contributed by atoms with Gasteiger partial charge >= 0.3 is 0 Å². The average molecular weight is 526 g/mol. The topological polar surface area (TPSA) is 81.4 Å². The molecule has 9 nitrogen and oxygen atoms in total. The van der Waals surface area contributed by atoms with Crippen LogP contribution in [0.1, 0.15) is 11.4 Å². The van der Waals surface area contributed by atoms with E-state index >= 15 is 0 Å². The first-order valence-electron chi connectivity index (χ1n) is 13.7. The van der Waals surface area contributed by atoms with Gasteiger partial charge in [-0.25, -0.2) is 9.97 Å².